The van der Waals surface area contributed by atoms with Crippen LogP contribution in [-0.4, -0.2) is 12.6 Å². The summed E-state index contributed by atoms with van der Waals surface area (Å²) in [5.41, 5.74) is 0.151. The molecule has 0 saturated heterocycles. The van der Waals surface area contributed by atoms with Gasteiger partial charge >= 0.3 is 0 Å². The Morgan fingerprint density at radius 2 is 2.13 bits per heavy atom. The van der Waals surface area contributed by atoms with E-state index >= 15 is 0 Å². The summed E-state index contributed by atoms with van der Waals surface area (Å²) in [6.45, 7) is 7.34. The quantitative estimate of drug-likeness (QED) is 0.650. The minimum absolute atomic E-state index is 0.151. The van der Waals surface area contributed by atoms with Crippen molar-refractivity contribution in [2.45, 2.75) is 52.5 Å². The zero-order chi connectivity index (χ0) is 11.7. The van der Waals surface area contributed by atoms with Gasteiger partial charge in [0, 0.05) is 13.0 Å². The van der Waals surface area contributed by atoms with Gasteiger partial charge in [-0.25, -0.2) is 0 Å². The predicted octanol–water partition coefficient (Wildman–Crippen LogP) is 2.71. The highest BCUT2D eigenvalue weighted by atomic mass is 14.9. The van der Waals surface area contributed by atoms with Gasteiger partial charge in [0.1, 0.15) is 0 Å². The fourth-order valence-electron chi connectivity index (χ4n) is 1.42. The summed E-state index contributed by atoms with van der Waals surface area (Å²) < 4.78 is 0. The van der Waals surface area contributed by atoms with Gasteiger partial charge in [-0.05, 0) is 18.3 Å². The molecule has 1 unspecified atom stereocenters. The maximum atomic E-state index is 8.53. The minimum Gasteiger partial charge on any atom is -0.303 e. The molecule has 0 spiro atoms. The third kappa shape index (κ3) is 7.00. The van der Waals surface area contributed by atoms with E-state index in [0.717, 1.165) is 25.8 Å². The molecule has 15 heavy (non-hydrogen) atoms. The number of nitrogens with zero attached hydrogens (tertiary/aromatic N) is 1. The molecule has 0 aromatic rings. The summed E-state index contributed by atoms with van der Waals surface area (Å²) in [5, 5.41) is 11.9. The summed E-state index contributed by atoms with van der Waals surface area (Å²) in [7, 11) is 0. The summed E-state index contributed by atoms with van der Waals surface area (Å²) in [5.74, 6) is 2.76. The van der Waals surface area contributed by atoms with Crippen LogP contribution in [0, 0.1) is 29.1 Å². The van der Waals surface area contributed by atoms with Crippen molar-refractivity contribution < 1.29 is 0 Å². The van der Waals surface area contributed by atoms with Crippen molar-refractivity contribution in [3.8, 4) is 18.4 Å². The first-order chi connectivity index (χ1) is 7.05. The second-order valence-electron chi connectivity index (χ2n) is 4.71. The van der Waals surface area contributed by atoms with Crippen LogP contribution < -0.4 is 5.32 Å². The van der Waals surface area contributed by atoms with Gasteiger partial charge in [-0.1, -0.05) is 33.1 Å². The zero-order valence-electron chi connectivity index (χ0n) is 10.1. The van der Waals surface area contributed by atoms with Gasteiger partial charge in [0.2, 0.25) is 0 Å². The lowest BCUT2D eigenvalue weighted by molar-refractivity contribution is 0.308. The van der Waals surface area contributed by atoms with Crippen LogP contribution in [0.1, 0.15) is 46.5 Å². The third-order valence-corrected chi connectivity index (χ3v) is 2.52. The fraction of sp³-hybridized carbons (Fsp3) is 0.769. The average molecular weight is 206 g/mol. The molecule has 2 heteroatoms. The lowest BCUT2D eigenvalue weighted by Gasteiger charge is -2.25. The largest absolute Gasteiger partial charge is 0.303 e. The van der Waals surface area contributed by atoms with Crippen LogP contribution in [0.4, 0.5) is 0 Å². The van der Waals surface area contributed by atoms with E-state index in [0.29, 0.717) is 6.42 Å². The van der Waals surface area contributed by atoms with E-state index < -0.39 is 0 Å². The number of hydrogen-bond donors (Lipinski definition) is 1. The van der Waals surface area contributed by atoms with E-state index in [1.54, 1.807) is 0 Å². The summed E-state index contributed by atoms with van der Waals surface area (Å²) in [6, 6.07) is 2.36. The topological polar surface area (TPSA) is 35.8 Å². The van der Waals surface area contributed by atoms with Crippen LogP contribution in [0.2, 0.25) is 0 Å². The molecular weight excluding hydrogens is 184 g/mol. The maximum absolute atomic E-state index is 8.53. The standard InChI is InChI=1S/C13H22N2/c1-5-8-12(6-2)15-11-13(3,4)9-7-10-14/h2,12,15H,5,7-9,11H2,1,3-4H3. The van der Waals surface area contributed by atoms with Gasteiger partial charge in [0.15, 0.2) is 0 Å². The van der Waals surface area contributed by atoms with E-state index in [1.165, 1.54) is 0 Å². The summed E-state index contributed by atoms with van der Waals surface area (Å²) in [4.78, 5) is 0. The number of terminal acetylenes is 1. The first-order valence-electron chi connectivity index (χ1n) is 5.62. The molecule has 0 rings (SSSR count). The molecule has 0 saturated carbocycles. The lowest BCUT2D eigenvalue weighted by Crippen LogP contribution is -2.36. The Hall–Kier alpha value is -0.990. The SMILES string of the molecule is C#CC(CCC)NCC(C)(C)CCC#N. The van der Waals surface area contributed by atoms with Gasteiger partial charge in [-0.2, -0.15) is 5.26 Å². The van der Waals surface area contributed by atoms with Crippen LogP contribution >= 0.6 is 0 Å². The van der Waals surface area contributed by atoms with Gasteiger partial charge in [-0.3, -0.25) is 0 Å². The van der Waals surface area contributed by atoms with Crippen molar-refractivity contribution in [1.82, 2.24) is 5.32 Å². The van der Waals surface area contributed by atoms with Gasteiger partial charge in [-0.15, -0.1) is 6.42 Å². The molecule has 0 aliphatic rings. The van der Waals surface area contributed by atoms with Crippen molar-refractivity contribution in [2.24, 2.45) is 5.41 Å². The number of nitriles is 1. The summed E-state index contributed by atoms with van der Waals surface area (Å²) in [6.07, 6.45) is 9.07. The molecule has 0 heterocycles. The molecule has 0 fully saturated rings. The minimum atomic E-state index is 0.151. The Labute approximate surface area is 94.1 Å². The smallest absolute Gasteiger partial charge is 0.0687 e. The Morgan fingerprint density at radius 1 is 1.47 bits per heavy atom. The van der Waals surface area contributed by atoms with E-state index in [1.807, 2.05) is 0 Å². The molecule has 0 aliphatic carbocycles. The number of nitrogens with one attached hydrogen (secondary N) is 1. The average Bonchev–Trinajstić information content (AvgIpc) is 2.21. The van der Waals surface area contributed by atoms with Crippen LogP contribution in [0.3, 0.4) is 0 Å². The van der Waals surface area contributed by atoms with Crippen molar-refractivity contribution in [2.75, 3.05) is 6.54 Å². The highest BCUT2D eigenvalue weighted by Gasteiger charge is 2.18. The number of hydrogen-bond acceptors (Lipinski definition) is 2. The first kappa shape index (κ1) is 14.0. The Kier molecular flexibility index (Phi) is 6.84. The van der Waals surface area contributed by atoms with Crippen molar-refractivity contribution >= 4 is 0 Å². The van der Waals surface area contributed by atoms with E-state index in [9.17, 15) is 0 Å². The number of rotatable bonds is 7. The Morgan fingerprint density at radius 3 is 2.60 bits per heavy atom. The van der Waals surface area contributed by atoms with Crippen LogP contribution in [0.25, 0.3) is 0 Å². The Balaban J connectivity index is 3.91. The fourth-order valence-corrected chi connectivity index (χ4v) is 1.42. The molecular formula is C13H22N2. The van der Waals surface area contributed by atoms with Crippen LogP contribution in [0.5, 0.6) is 0 Å². The van der Waals surface area contributed by atoms with Crippen molar-refractivity contribution in [1.29, 1.82) is 5.26 Å². The van der Waals surface area contributed by atoms with Gasteiger partial charge in [0.05, 0.1) is 12.1 Å². The van der Waals surface area contributed by atoms with Gasteiger partial charge in [0.25, 0.3) is 0 Å². The first-order valence-corrected chi connectivity index (χ1v) is 5.62. The van der Waals surface area contributed by atoms with Crippen molar-refractivity contribution in [3.63, 3.8) is 0 Å². The Bertz CT molecular complexity index is 242. The normalized spacial score (nSPS) is 12.9. The molecule has 0 bridgehead atoms. The molecule has 0 aromatic heterocycles. The summed E-state index contributed by atoms with van der Waals surface area (Å²) >= 11 is 0. The molecule has 0 aliphatic heterocycles. The monoisotopic (exact) mass is 206 g/mol. The molecule has 1 atom stereocenters. The second-order valence-corrected chi connectivity index (χ2v) is 4.71. The van der Waals surface area contributed by atoms with Crippen molar-refractivity contribution in [3.05, 3.63) is 0 Å². The molecule has 0 aromatic carbocycles. The van der Waals surface area contributed by atoms with E-state index in [-0.39, 0.29) is 11.5 Å². The third-order valence-electron chi connectivity index (χ3n) is 2.52. The maximum Gasteiger partial charge on any atom is 0.0687 e. The predicted molar refractivity (Wildman–Crippen MR) is 64.2 cm³/mol. The molecule has 1 N–H and O–H groups in total. The second kappa shape index (κ2) is 7.32. The molecule has 0 radical (unpaired) electrons. The molecule has 2 nitrogen and oxygen atoms in total. The highest BCUT2D eigenvalue weighted by molar-refractivity contribution is 4.99. The highest BCUT2D eigenvalue weighted by Crippen LogP contribution is 2.20. The van der Waals surface area contributed by atoms with E-state index in [4.69, 9.17) is 11.7 Å². The lowest BCUT2D eigenvalue weighted by atomic mass is 9.87. The molecule has 84 valence electrons. The zero-order valence-corrected chi connectivity index (χ0v) is 10.1. The van der Waals surface area contributed by atoms with Crippen LogP contribution in [0.15, 0.2) is 0 Å². The van der Waals surface area contributed by atoms with Gasteiger partial charge < -0.3 is 5.32 Å². The van der Waals surface area contributed by atoms with E-state index in [2.05, 4.69) is 38.1 Å². The van der Waals surface area contributed by atoms with Crippen LogP contribution in [-0.2, 0) is 0 Å². The molecule has 0 amide bonds.